The molecular weight excluding hydrogens is 1390 g/mol. The first-order valence-electron chi connectivity index (χ1n) is 33.6. The van der Waals surface area contributed by atoms with E-state index in [-0.39, 0.29) is 41.6 Å². The molecule has 30 heteroatoms. The summed E-state index contributed by atoms with van der Waals surface area (Å²) in [7, 11) is 6.63. The number of H-pyrrole nitrogens is 3. The smallest absolute Gasteiger partial charge is 0.410 e. The van der Waals surface area contributed by atoms with E-state index in [0.29, 0.717) is 86.0 Å². The zero-order chi connectivity index (χ0) is 75.3. The first-order valence-corrected chi connectivity index (χ1v) is 34.7. The second-order valence-electron chi connectivity index (χ2n) is 26.2. The Labute approximate surface area is 613 Å². The Kier molecular flexibility index (Phi) is 26.0. The molecule has 3 saturated heterocycles. The Balaban J connectivity index is 0.000000169. The largest absolute Gasteiger partial charge is 0.483 e. The number of carboxylic acid groups (broad SMARTS) is 3. The predicted molar refractivity (Wildman–Crippen MR) is 405 cm³/mol. The van der Waals surface area contributed by atoms with Crippen molar-refractivity contribution in [1.82, 2.24) is 73.2 Å². The number of rotatable bonds is 6. The third-order valence-corrected chi connectivity index (χ3v) is 18.3. The molecule has 542 valence electrons. The zero-order valence-electron chi connectivity index (χ0n) is 59.0. The summed E-state index contributed by atoms with van der Waals surface area (Å²) in [4.78, 5) is 117. The third kappa shape index (κ3) is 19.3. The van der Waals surface area contributed by atoms with Crippen molar-refractivity contribution in [3.63, 3.8) is 0 Å². The van der Waals surface area contributed by atoms with Gasteiger partial charge in [-0.3, -0.25) is 28.8 Å². The van der Waals surface area contributed by atoms with E-state index < -0.39 is 11.6 Å². The van der Waals surface area contributed by atoms with Crippen molar-refractivity contribution >= 4 is 117 Å². The number of benzene rings is 3. The first-order chi connectivity index (χ1) is 49.7. The third-order valence-electron chi connectivity index (χ3n) is 17.4. The number of pyridine rings is 3. The normalized spacial score (nSPS) is 14.3. The minimum absolute atomic E-state index is 0.0798. The molecule has 7 N–H and O–H groups in total. The number of nitrogens with one attached hydrogen (secondary N) is 4. The molecule has 0 spiro atoms. The summed E-state index contributed by atoms with van der Waals surface area (Å²) in [5, 5.41) is 28.0. The lowest BCUT2D eigenvalue weighted by Gasteiger charge is -2.33. The fourth-order valence-corrected chi connectivity index (χ4v) is 13.4. The number of imidazole rings is 3. The van der Waals surface area contributed by atoms with Crippen LogP contribution in [0.25, 0.3) is 83.0 Å². The number of likely N-dealkylation sites (tertiary alicyclic amines) is 2. The molecule has 0 atom stereocenters. The summed E-state index contributed by atoms with van der Waals surface area (Å²) < 4.78 is 11.2. The number of hydrogen-bond donors (Lipinski definition) is 7. The van der Waals surface area contributed by atoms with Gasteiger partial charge in [-0.2, -0.15) is 0 Å². The highest BCUT2D eigenvalue weighted by Gasteiger charge is 2.30. The van der Waals surface area contributed by atoms with Crippen LogP contribution < -0.4 is 22.0 Å². The van der Waals surface area contributed by atoms with Gasteiger partial charge in [0.1, 0.15) is 23.1 Å². The van der Waals surface area contributed by atoms with Crippen molar-refractivity contribution < 1.29 is 39.2 Å². The second kappa shape index (κ2) is 34.8. The standard InChI is InChI=1S/C26H28ClN5O3.C22H22ClN5O.C21H20ClN5O.C2H4O2.CH3B.2CH2O2/c1-15-13-32-14-18(12-20(27)23(32)28-15)17-5-6-21-19(11-17)24(33)30-22(29-21)16-7-9-31(10-8-16)25(34)35-26(2,3)4;1-13-11-28-12-16(10-18(23)21(28)24-13)15-3-4-19-17(9-15)22(29)26-20(25-19)14-5-7-27(2)8-6-14;1-12-10-27-11-15(9-17(22)20(27)24-12)14-2-3-18-16(8-14)21(28)26-19(25-18)13-4-6-23-7-5-13;1-2(3)4;1-2;2*2-1-3/h5-6,11-14,16H,7-10H2,1-4H3,(H,29,30,33);3-4,9-12,14H,5-8H2,1-2H3,(H,25,26,29);2-3,8-11,13,23H,4-7H2,1H3,(H,25,26,28);1H3,(H,3,4);1H3;2*1H,(H,2,3). The van der Waals surface area contributed by atoms with E-state index in [1.807, 2.05) is 165 Å². The number of fused-ring (bicyclic) bond motifs is 6. The number of aliphatic carboxylic acids is 1. The molecule has 0 bridgehead atoms. The molecule has 3 fully saturated rings. The highest BCUT2D eigenvalue weighted by Crippen LogP contribution is 2.34. The SMILES string of the molecule is CC(=O)O.Cc1cn2cc(-c3ccc4nc(C5CCN(C(=O)OC(C)(C)C)CC5)[nH]c(=O)c4c3)cc(Cl)c2n1.Cc1cn2cc(-c3ccc4nc(C5CCN(C)CC5)[nH]c(=O)c4c3)cc(Cl)c2n1.Cc1cn2cc(-c3ccc4nc(C5CCNCC5)[nH]c(=O)c4c3)cc(Cl)c2n1.O=CO.O=CO.[B]C. The Hall–Kier alpha value is -10.3. The minimum atomic E-state index is -0.833. The summed E-state index contributed by atoms with van der Waals surface area (Å²) in [6.45, 7) is 18.6. The van der Waals surface area contributed by atoms with Crippen LogP contribution in [0.15, 0.2) is 124 Å². The van der Waals surface area contributed by atoms with Crippen LogP contribution in [0.2, 0.25) is 21.9 Å². The van der Waals surface area contributed by atoms with Gasteiger partial charge < -0.3 is 63.3 Å². The number of carbonyl (C=O) groups excluding carboxylic acids is 1. The van der Waals surface area contributed by atoms with E-state index in [1.54, 1.807) is 4.90 Å². The number of amides is 1. The topological polar surface area (TPSA) is 346 Å². The van der Waals surface area contributed by atoms with Crippen LogP contribution in [0.1, 0.15) is 119 Å². The van der Waals surface area contributed by atoms with Gasteiger partial charge in [-0.1, -0.05) is 59.8 Å². The quantitative estimate of drug-likeness (QED) is 0.0600. The highest BCUT2D eigenvalue weighted by molar-refractivity contribution is 6.34. The van der Waals surface area contributed by atoms with Crippen molar-refractivity contribution in [1.29, 1.82) is 0 Å². The van der Waals surface area contributed by atoms with Gasteiger partial charge in [0.05, 0.1) is 72.7 Å². The Morgan fingerprint density at radius 3 is 1.12 bits per heavy atom. The van der Waals surface area contributed by atoms with Crippen molar-refractivity contribution in [2.75, 3.05) is 46.3 Å². The lowest BCUT2D eigenvalue weighted by atomic mass is 9.96. The summed E-state index contributed by atoms with van der Waals surface area (Å²) in [5.41, 5.74) is 11.6. The molecule has 3 aliphatic rings. The number of nitrogens with zero attached hydrogens (tertiary/aromatic N) is 11. The molecule has 12 aromatic rings. The Bertz CT molecular complexity index is 5270. The molecule has 15 rings (SSSR count). The van der Waals surface area contributed by atoms with Gasteiger partial charge in [-0.05, 0) is 201 Å². The lowest BCUT2D eigenvalue weighted by Crippen LogP contribution is -2.41. The predicted octanol–water partition coefficient (Wildman–Crippen LogP) is 12.7. The van der Waals surface area contributed by atoms with Crippen LogP contribution in [0, 0.1) is 20.8 Å². The fourth-order valence-electron chi connectivity index (χ4n) is 12.6. The number of hydrogen-bond acceptors (Lipinski definition) is 16. The Morgan fingerprint density at radius 2 is 0.808 bits per heavy atom. The number of aryl methyl sites for hydroxylation is 3. The maximum absolute atomic E-state index is 13.0. The van der Waals surface area contributed by atoms with Gasteiger partial charge in [0.25, 0.3) is 35.6 Å². The van der Waals surface area contributed by atoms with E-state index in [9.17, 15) is 19.2 Å². The molecule has 2 radical (unpaired) electrons. The van der Waals surface area contributed by atoms with Crippen molar-refractivity contribution in [3.05, 3.63) is 191 Å². The first kappa shape index (κ1) is 77.8. The Morgan fingerprint density at radius 1 is 0.510 bits per heavy atom. The van der Waals surface area contributed by atoms with E-state index in [2.05, 4.69) is 55.0 Å². The minimum Gasteiger partial charge on any atom is -0.483 e. The van der Waals surface area contributed by atoms with Crippen LogP contribution in [0.4, 0.5) is 4.79 Å². The molecular formula is C74H81BCl3N15O11. The van der Waals surface area contributed by atoms with Gasteiger partial charge in [0.2, 0.25) is 0 Å². The van der Waals surface area contributed by atoms with Crippen molar-refractivity contribution in [2.24, 2.45) is 0 Å². The molecule has 26 nitrogen and oxygen atoms in total. The fraction of sp³-hybridized carbons (Fsp3) is 0.338. The van der Waals surface area contributed by atoms with Gasteiger partial charge in [0, 0.05) is 74.9 Å². The highest BCUT2D eigenvalue weighted by atomic mass is 35.5. The maximum Gasteiger partial charge on any atom is 0.410 e. The van der Waals surface area contributed by atoms with Gasteiger partial charge >= 0.3 is 6.09 Å². The molecule has 0 unspecified atom stereocenters. The van der Waals surface area contributed by atoms with Gasteiger partial charge in [-0.15, -0.1) is 0 Å². The number of carboxylic acids is 1. The monoisotopic (exact) mass is 1470 g/mol. The molecule has 9 aromatic heterocycles. The van der Waals surface area contributed by atoms with Crippen LogP contribution in [-0.4, -0.2) is 168 Å². The number of halogens is 3. The number of aromatic nitrogens is 12. The van der Waals surface area contributed by atoms with Crippen molar-refractivity contribution in [3.8, 4) is 33.4 Å². The average Bonchev–Trinajstić information content (AvgIpc) is 1.50. The molecule has 0 saturated carbocycles. The van der Waals surface area contributed by atoms with E-state index >= 15 is 0 Å². The molecule has 104 heavy (non-hydrogen) atoms. The van der Waals surface area contributed by atoms with Gasteiger partial charge in [0.15, 0.2) is 16.9 Å². The summed E-state index contributed by atoms with van der Waals surface area (Å²) >= 11 is 19.3. The van der Waals surface area contributed by atoms with Crippen LogP contribution in [-0.2, 0) is 19.1 Å². The second-order valence-corrected chi connectivity index (χ2v) is 27.4. The molecule has 1 amide bonds. The summed E-state index contributed by atoms with van der Waals surface area (Å²) in [6, 6.07) is 22.9. The van der Waals surface area contributed by atoms with E-state index in [4.69, 9.17) is 84.2 Å². The van der Waals surface area contributed by atoms with Crippen LogP contribution >= 0.6 is 34.8 Å². The van der Waals surface area contributed by atoms with E-state index in [1.165, 1.54) is 6.82 Å². The lowest BCUT2D eigenvalue weighted by molar-refractivity contribution is -0.134. The number of piperidine rings is 3. The maximum atomic E-state index is 13.0. The average molecular weight is 1470 g/mol. The van der Waals surface area contributed by atoms with E-state index in [0.717, 1.165) is 143 Å². The molecule has 3 aliphatic heterocycles. The van der Waals surface area contributed by atoms with Crippen molar-refractivity contribution in [2.45, 2.75) is 117 Å². The number of aromatic amines is 3. The zero-order valence-corrected chi connectivity index (χ0v) is 61.3. The van der Waals surface area contributed by atoms with Gasteiger partial charge in [-0.25, -0.2) is 34.7 Å². The molecule has 0 aliphatic carbocycles. The summed E-state index contributed by atoms with van der Waals surface area (Å²) in [5.74, 6) is 2.14. The molecule has 3 aromatic carbocycles. The van der Waals surface area contributed by atoms with Crippen LogP contribution in [0.3, 0.4) is 0 Å². The number of ether oxygens (including phenoxy) is 1. The van der Waals surface area contributed by atoms with Crippen LogP contribution in [0.5, 0.6) is 0 Å². The summed E-state index contributed by atoms with van der Waals surface area (Å²) in [6.07, 6.45) is 16.9. The number of carbonyl (C=O) groups is 4. The molecule has 12 heterocycles.